The molecule has 16 heavy (non-hydrogen) atoms. The molecule has 0 saturated heterocycles. The van der Waals surface area contributed by atoms with Crippen LogP contribution in [0.2, 0.25) is 0 Å². The molecule has 0 saturated carbocycles. The minimum absolute atomic E-state index is 0.175. The molecular formula is C10H9NO5. The lowest BCUT2D eigenvalue weighted by atomic mass is 10.1. The third-order valence-electron chi connectivity index (χ3n) is 2.37. The van der Waals surface area contributed by atoms with E-state index in [0.717, 1.165) is 0 Å². The molecule has 6 nitrogen and oxygen atoms in total. The Labute approximate surface area is 89.3 Å². The maximum absolute atomic E-state index is 11.2. The summed E-state index contributed by atoms with van der Waals surface area (Å²) in [6.07, 6.45) is -1.62. The fourth-order valence-corrected chi connectivity index (χ4v) is 1.46. The average molecular weight is 223 g/mol. The Balaban J connectivity index is 2.61. The zero-order chi connectivity index (χ0) is 11.9. The monoisotopic (exact) mass is 223 g/mol. The number of fused-ring (bicyclic) bond motifs is 1. The van der Waals surface area contributed by atoms with E-state index >= 15 is 0 Å². The predicted molar refractivity (Wildman–Crippen MR) is 54.1 cm³/mol. The second-order valence-electron chi connectivity index (χ2n) is 3.39. The topological polar surface area (TPSA) is 92.7 Å². The lowest BCUT2D eigenvalue weighted by Gasteiger charge is -2.04. The second kappa shape index (κ2) is 3.49. The molecule has 1 unspecified atom stereocenters. The van der Waals surface area contributed by atoms with Crippen molar-refractivity contribution >= 4 is 17.1 Å². The van der Waals surface area contributed by atoms with Crippen LogP contribution in [-0.4, -0.2) is 20.7 Å². The van der Waals surface area contributed by atoms with Gasteiger partial charge in [0.2, 0.25) is 0 Å². The Bertz CT molecular complexity index is 609. The number of aliphatic carboxylic acids is 1. The summed E-state index contributed by atoms with van der Waals surface area (Å²) in [5.41, 5.74) is 0.978. The standard InChI is InChI=1S/C10H9NO5/c1-11-6-3-2-5(8(12)9(13)14)4-7(6)16-10(11)15/h2-4,8,12H,1H3,(H,13,14). The van der Waals surface area contributed by atoms with E-state index in [1.165, 1.54) is 22.8 Å². The van der Waals surface area contributed by atoms with Crippen molar-refractivity contribution in [3.63, 3.8) is 0 Å². The molecule has 6 heteroatoms. The van der Waals surface area contributed by atoms with Crippen molar-refractivity contribution in [1.82, 2.24) is 4.57 Å². The minimum atomic E-state index is -1.62. The van der Waals surface area contributed by atoms with Crippen molar-refractivity contribution in [2.75, 3.05) is 0 Å². The molecule has 0 bridgehead atoms. The first-order valence-electron chi connectivity index (χ1n) is 4.51. The van der Waals surface area contributed by atoms with Gasteiger partial charge in [-0.05, 0) is 17.7 Å². The summed E-state index contributed by atoms with van der Waals surface area (Å²) in [6, 6.07) is 4.31. The highest BCUT2D eigenvalue weighted by Gasteiger charge is 2.17. The average Bonchev–Trinajstić information content (AvgIpc) is 2.53. The van der Waals surface area contributed by atoms with E-state index in [9.17, 15) is 14.7 Å². The van der Waals surface area contributed by atoms with Gasteiger partial charge in [-0.2, -0.15) is 0 Å². The summed E-state index contributed by atoms with van der Waals surface area (Å²) in [4.78, 5) is 21.7. The Morgan fingerprint density at radius 1 is 1.50 bits per heavy atom. The van der Waals surface area contributed by atoms with Crippen LogP contribution >= 0.6 is 0 Å². The van der Waals surface area contributed by atoms with Gasteiger partial charge in [0, 0.05) is 7.05 Å². The summed E-state index contributed by atoms with van der Waals surface area (Å²) in [5, 5.41) is 17.9. The molecule has 1 atom stereocenters. The zero-order valence-electron chi connectivity index (χ0n) is 8.38. The first-order chi connectivity index (χ1) is 7.50. The number of carbonyl (C=O) groups is 1. The molecule has 1 aromatic carbocycles. The molecule has 0 fully saturated rings. The van der Waals surface area contributed by atoms with Crippen LogP contribution in [0.15, 0.2) is 27.4 Å². The van der Waals surface area contributed by atoms with E-state index < -0.39 is 17.8 Å². The van der Waals surface area contributed by atoms with Gasteiger partial charge >= 0.3 is 11.7 Å². The fourth-order valence-electron chi connectivity index (χ4n) is 1.46. The van der Waals surface area contributed by atoms with E-state index in [4.69, 9.17) is 9.52 Å². The predicted octanol–water partition coefficient (Wildman–Crippen LogP) is 0.249. The molecule has 2 rings (SSSR count). The number of rotatable bonds is 2. The van der Waals surface area contributed by atoms with Gasteiger partial charge in [-0.3, -0.25) is 4.57 Å². The van der Waals surface area contributed by atoms with Crippen molar-refractivity contribution in [1.29, 1.82) is 0 Å². The van der Waals surface area contributed by atoms with Crippen LogP contribution in [0.4, 0.5) is 0 Å². The van der Waals surface area contributed by atoms with Crippen LogP contribution in [0, 0.1) is 0 Å². The van der Waals surface area contributed by atoms with Gasteiger partial charge < -0.3 is 14.6 Å². The van der Waals surface area contributed by atoms with E-state index in [2.05, 4.69) is 0 Å². The summed E-state index contributed by atoms with van der Waals surface area (Å²) < 4.78 is 6.17. The van der Waals surface area contributed by atoms with Crippen LogP contribution in [0.5, 0.6) is 0 Å². The normalized spacial score (nSPS) is 12.9. The third kappa shape index (κ3) is 1.49. The number of aliphatic hydroxyl groups excluding tert-OH is 1. The summed E-state index contributed by atoms with van der Waals surface area (Å²) in [5.74, 6) is -1.88. The molecule has 2 N–H and O–H groups in total. The van der Waals surface area contributed by atoms with E-state index in [1.54, 1.807) is 7.05 Å². The lowest BCUT2D eigenvalue weighted by Crippen LogP contribution is -2.10. The van der Waals surface area contributed by atoms with Crippen molar-refractivity contribution in [3.8, 4) is 0 Å². The minimum Gasteiger partial charge on any atom is -0.479 e. The number of carboxylic acids is 1. The van der Waals surface area contributed by atoms with Crippen LogP contribution in [0.25, 0.3) is 11.1 Å². The van der Waals surface area contributed by atoms with Gasteiger partial charge in [0.05, 0.1) is 5.52 Å². The number of carboxylic acid groups (broad SMARTS) is 1. The molecule has 0 spiro atoms. The quantitative estimate of drug-likeness (QED) is 0.761. The van der Waals surface area contributed by atoms with Gasteiger partial charge in [0.15, 0.2) is 11.7 Å². The number of nitrogens with zero attached hydrogens (tertiary/aromatic N) is 1. The van der Waals surface area contributed by atoms with Crippen molar-refractivity contribution in [2.24, 2.45) is 7.05 Å². The highest BCUT2D eigenvalue weighted by molar-refractivity contribution is 5.78. The highest BCUT2D eigenvalue weighted by Crippen LogP contribution is 2.19. The molecule has 1 aromatic heterocycles. The Hall–Kier alpha value is -2.08. The molecular weight excluding hydrogens is 214 g/mol. The van der Waals surface area contributed by atoms with Gasteiger partial charge in [-0.25, -0.2) is 9.59 Å². The molecule has 0 aliphatic carbocycles. The largest absolute Gasteiger partial charge is 0.479 e. The summed E-state index contributed by atoms with van der Waals surface area (Å²) in [6.45, 7) is 0. The number of aromatic nitrogens is 1. The van der Waals surface area contributed by atoms with E-state index in [0.29, 0.717) is 5.52 Å². The van der Waals surface area contributed by atoms with E-state index in [-0.39, 0.29) is 11.1 Å². The van der Waals surface area contributed by atoms with Gasteiger partial charge in [0.1, 0.15) is 0 Å². The fraction of sp³-hybridized carbons (Fsp3) is 0.200. The molecule has 0 aliphatic heterocycles. The molecule has 1 heterocycles. The maximum atomic E-state index is 11.2. The number of hydrogen-bond acceptors (Lipinski definition) is 4. The number of aryl methyl sites for hydroxylation is 1. The molecule has 84 valence electrons. The van der Waals surface area contributed by atoms with Crippen molar-refractivity contribution in [2.45, 2.75) is 6.10 Å². The highest BCUT2D eigenvalue weighted by atomic mass is 16.4. The zero-order valence-corrected chi connectivity index (χ0v) is 8.38. The Kier molecular flexibility index (Phi) is 2.28. The number of aliphatic hydroxyl groups is 1. The Morgan fingerprint density at radius 2 is 2.19 bits per heavy atom. The number of benzene rings is 1. The van der Waals surface area contributed by atoms with E-state index in [1.807, 2.05) is 0 Å². The third-order valence-corrected chi connectivity index (χ3v) is 2.37. The van der Waals surface area contributed by atoms with Gasteiger partial charge in [-0.15, -0.1) is 0 Å². The van der Waals surface area contributed by atoms with Gasteiger partial charge in [0.25, 0.3) is 0 Å². The van der Waals surface area contributed by atoms with Crippen LogP contribution < -0.4 is 5.76 Å². The first kappa shape index (κ1) is 10.4. The smallest absolute Gasteiger partial charge is 0.419 e. The molecule has 0 aliphatic rings. The summed E-state index contributed by atoms with van der Waals surface area (Å²) in [7, 11) is 1.54. The van der Waals surface area contributed by atoms with Crippen LogP contribution in [0.1, 0.15) is 11.7 Å². The number of hydrogen-bond donors (Lipinski definition) is 2. The summed E-state index contributed by atoms with van der Waals surface area (Å²) >= 11 is 0. The molecule has 2 aromatic rings. The Morgan fingerprint density at radius 3 is 2.81 bits per heavy atom. The van der Waals surface area contributed by atoms with Gasteiger partial charge in [-0.1, -0.05) is 6.07 Å². The SMILES string of the molecule is Cn1c(=O)oc2cc(C(O)C(=O)O)ccc21. The maximum Gasteiger partial charge on any atom is 0.419 e. The van der Waals surface area contributed by atoms with Crippen LogP contribution in [0.3, 0.4) is 0 Å². The first-order valence-corrected chi connectivity index (χ1v) is 4.51. The molecule has 0 amide bonds. The number of oxazole rings is 1. The second-order valence-corrected chi connectivity index (χ2v) is 3.39. The van der Waals surface area contributed by atoms with Crippen LogP contribution in [-0.2, 0) is 11.8 Å². The lowest BCUT2D eigenvalue weighted by molar-refractivity contribution is -0.146. The van der Waals surface area contributed by atoms with Crippen molar-refractivity contribution in [3.05, 3.63) is 34.3 Å². The molecule has 0 radical (unpaired) electrons. The van der Waals surface area contributed by atoms with Crippen molar-refractivity contribution < 1.29 is 19.4 Å².